The highest BCUT2D eigenvalue weighted by Gasteiger charge is 2.29. The number of nitrogens with zero attached hydrogens (tertiary/aromatic N) is 2. The van der Waals surface area contributed by atoms with Crippen LogP contribution in [0.25, 0.3) is 0 Å². The average Bonchev–Trinajstić information content (AvgIpc) is 2.79. The lowest BCUT2D eigenvalue weighted by atomic mass is 9.96. The van der Waals surface area contributed by atoms with Gasteiger partial charge in [-0.05, 0) is 43.5 Å². The third kappa shape index (κ3) is 6.02. The molecule has 0 bridgehead atoms. The van der Waals surface area contributed by atoms with Crippen LogP contribution in [0.5, 0.6) is 0 Å². The number of nitrogens with one attached hydrogen (secondary N) is 2. The number of benzene rings is 2. The van der Waals surface area contributed by atoms with Crippen LogP contribution >= 0.6 is 0 Å². The Labute approximate surface area is 195 Å². The molecule has 1 heterocycles. The lowest BCUT2D eigenvalue weighted by Crippen LogP contribution is -2.39. The van der Waals surface area contributed by atoms with E-state index in [1.54, 1.807) is 33.2 Å². The molecule has 9 nitrogen and oxygen atoms in total. The van der Waals surface area contributed by atoms with Crippen molar-refractivity contribution in [3.05, 3.63) is 54.1 Å². The summed E-state index contributed by atoms with van der Waals surface area (Å²) in [5.74, 6) is -0.543. The summed E-state index contributed by atoms with van der Waals surface area (Å²) in [6.45, 7) is 2.80. The highest BCUT2D eigenvalue weighted by molar-refractivity contribution is 7.89. The first-order valence-corrected chi connectivity index (χ1v) is 12.3. The van der Waals surface area contributed by atoms with Gasteiger partial charge >= 0.3 is 6.03 Å². The Morgan fingerprint density at radius 3 is 2.30 bits per heavy atom. The smallest absolute Gasteiger partial charge is 0.321 e. The Balaban J connectivity index is 1.94. The molecule has 0 aliphatic carbocycles. The summed E-state index contributed by atoms with van der Waals surface area (Å²) in [5, 5.41) is 2.71. The number of hydrogen-bond acceptors (Lipinski definition) is 5. The third-order valence-electron chi connectivity index (χ3n) is 5.78. The number of hydrogen-bond donors (Lipinski definition) is 3. The minimum atomic E-state index is -3.94. The normalized spacial score (nSPS) is 15.7. The molecule has 2 aromatic carbocycles. The van der Waals surface area contributed by atoms with Crippen LogP contribution in [-0.2, 0) is 14.8 Å². The molecule has 0 spiro atoms. The Kier molecular flexibility index (Phi) is 7.60. The molecule has 1 atom stereocenters. The Morgan fingerprint density at radius 2 is 1.73 bits per heavy atom. The van der Waals surface area contributed by atoms with Crippen molar-refractivity contribution in [1.29, 1.82) is 0 Å². The zero-order chi connectivity index (χ0) is 24.2. The van der Waals surface area contributed by atoms with E-state index >= 15 is 0 Å². The maximum absolute atomic E-state index is 13.5. The highest BCUT2D eigenvalue weighted by atomic mass is 32.2. The van der Waals surface area contributed by atoms with Gasteiger partial charge in [0.15, 0.2) is 0 Å². The molecule has 1 fully saturated rings. The van der Waals surface area contributed by atoms with E-state index in [4.69, 9.17) is 5.73 Å². The fourth-order valence-corrected chi connectivity index (χ4v) is 5.30. The molecule has 0 radical (unpaired) electrons. The number of sulfonamides is 1. The number of piperidine rings is 1. The van der Waals surface area contributed by atoms with Crippen molar-refractivity contribution in [3.8, 4) is 0 Å². The largest absolute Gasteiger partial charge is 0.370 e. The van der Waals surface area contributed by atoms with Crippen molar-refractivity contribution in [1.82, 2.24) is 9.62 Å². The number of rotatable bonds is 7. The van der Waals surface area contributed by atoms with Crippen LogP contribution < -0.4 is 20.7 Å². The number of carbonyl (C=O) groups is 2. The number of anilines is 2. The molecule has 1 aliphatic rings. The van der Waals surface area contributed by atoms with Crippen LogP contribution in [0.2, 0.25) is 0 Å². The predicted molar refractivity (Wildman–Crippen MR) is 128 cm³/mol. The summed E-state index contributed by atoms with van der Waals surface area (Å²) < 4.78 is 29.7. The van der Waals surface area contributed by atoms with E-state index in [9.17, 15) is 18.0 Å². The van der Waals surface area contributed by atoms with Gasteiger partial charge in [0.05, 0.1) is 5.69 Å². The van der Waals surface area contributed by atoms with Gasteiger partial charge in [0.1, 0.15) is 4.90 Å². The van der Waals surface area contributed by atoms with Crippen LogP contribution in [0.4, 0.5) is 16.2 Å². The molecule has 1 saturated heterocycles. The van der Waals surface area contributed by atoms with Gasteiger partial charge in [0.2, 0.25) is 15.9 Å². The Morgan fingerprint density at radius 1 is 1.09 bits per heavy atom. The highest BCUT2D eigenvalue weighted by Crippen LogP contribution is 2.32. The summed E-state index contributed by atoms with van der Waals surface area (Å²) in [6.07, 6.45) is 1.11. The van der Waals surface area contributed by atoms with Crippen molar-refractivity contribution in [3.63, 3.8) is 0 Å². The summed E-state index contributed by atoms with van der Waals surface area (Å²) >= 11 is 0. The fourth-order valence-electron chi connectivity index (χ4n) is 3.81. The van der Waals surface area contributed by atoms with Gasteiger partial charge in [-0.3, -0.25) is 4.79 Å². The zero-order valence-corrected chi connectivity index (χ0v) is 19.9. The Bertz CT molecular complexity index is 1100. The average molecular weight is 474 g/mol. The Hall–Kier alpha value is -3.11. The first-order valence-electron chi connectivity index (χ1n) is 10.8. The second-order valence-electron chi connectivity index (χ2n) is 8.42. The quantitative estimate of drug-likeness (QED) is 0.570. The van der Waals surface area contributed by atoms with Gasteiger partial charge in [0, 0.05) is 44.8 Å². The maximum Gasteiger partial charge on any atom is 0.321 e. The molecule has 1 aliphatic heterocycles. The van der Waals surface area contributed by atoms with Crippen molar-refractivity contribution in [2.45, 2.75) is 30.7 Å². The minimum absolute atomic E-state index is 0.0689. The monoisotopic (exact) mass is 473 g/mol. The zero-order valence-electron chi connectivity index (χ0n) is 19.1. The maximum atomic E-state index is 13.5. The molecule has 2 aromatic rings. The van der Waals surface area contributed by atoms with Gasteiger partial charge < -0.3 is 20.9 Å². The van der Waals surface area contributed by atoms with E-state index in [1.807, 2.05) is 35.2 Å². The van der Waals surface area contributed by atoms with Crippen LogP contribution in [0, 0.1) is 5.92 Å². The summed E-state index contributed by atoms with van der Waals surface area (Å²) in [5.41, 5.74) is 7.17. The van der Waals surface area contributed by atoms with E-state index < -0.39 is 16.1 Å². The molecule has 10 heteroatoms. The standard InChI is InChI=1S/C23H31N5O4S/c1-16(17-7-5-4-6-8-17)26-33(31,32)21-15-19(25-23(30)27(2)3)9-10-20(21)28-13-11-18(12-14-28)22(24)29/h4-10,15-16,18,26H,11-14H2,1-3H3,(H2,24,29)(H,25,30). The van der Waals surface area contributed by atoms with E-state index in [1.165, 1.54) is 11.0 Å². The van der Waals surface area contributed by atoms with Gasteiger partial charge in [-0.2, -0.15) is 0 Å². The number of urea groups is 1. The SMILES string of the molecule is CC(NS(=O)(=O)c1cc(NC(=O)N(C)C)ccc1N1CCC(C(N)=O)CC1)c1ccccc1. The van der Waals surface area contributed by atoms with Crippen LogP contribution in [0.3, 0.4) is 0 Å². The van der Waals surface area contributed by atoms with E-state index in [-0.39, 0.29) is 22.8 Å². The van der Waals surface area contributed by atoms with E-state index in [0.29, 0.717) is 37.3 Å². The molecule has 4 N–H and O–H groups in total. The molecule has 1 unspecified atom stereocenters. The molecular weight excluding hydrogens is 442 g/mol. The second-order valence-corrected chi connectivity index (χ2v) is 10.1. The predicted octanol–water partition coefficient (Wildman–Crippen LogP) is 2.52. The molecule has 3 amide bonds. The number of primary amides is 1. The van der Waals surface area contributed by atoms with E-state index in [0.717, 1.165) is 5.56 Å². The van der Waals surface area contributed by atoms with Crippen LogP contribution in [-0.4, -0.2) is 52.4 Å². The number of nitrogens with two attached hydrogens (primary N) is 1. The minimum Gasteiger partial charge on any atom is -0.370 e. The molecule has 0 aromatic heterocycles. The lowest BCUT2D eigenvalue weighted by molar-refractivity contribution is -0.122. The number of amides is 3. The van der Waals surface area contributed by atoms with Crippen LogP contribution in [0.1, 0.15) is 31.4 Å². The number of carbonyl (C=O) groups excluding carboxylic acids is 2. The van der Waals surface area contributed by atoms with Crippen molar-refractivity contribution in [2.75, 3.05) is 37.4 Å². The lowest BCUT2D eigenvalue weighted by Gasteiger charge is -2.33. The van der Waals surface area contributed by atoms with Gasteiger partial charge in [-0.1, -0.05) is 30.3 Å². The third-order valence-corrected chi connectivity index (χ3v) is 7.35. The summed E-state index contributed by atoms with van der Waals surface area (Å²) in [4.78, 5) is 27.0. The van der Waals surface area contributed by atoms with Gasteiger partial charge in [0.25, 0.3) is 0 Å². The topological polar surface area (TPSA) is 125 Å². The first-order chi connectivity index (χ1) is 15.6. The molecule has 33 heavy (non-hydrogen) atoms. The van der Waals surface area contributed by atoms with Gasteiger partial charge in [-0.25, -0.2) is 17.9 Å². The molecule has 178 valence electrons. The molecule has 0 saturated carbocycles. The van der Waals surface area contributed by atoms with Crippen molar-refractivity contribution in [2.24, 2.45) is 11.7 Å². The van der Waals surface area contributed by atoms with Crippen LogP contribution in [0.15, 0.2) is 53.4 Å². The first kappa shape index (κ1) is 24.5. The molecular formula is C23H31N5O4S. The summed E-state index contributed by atoms with van der Waals surface area (Å²) in [7, 11) is -0.735. The fraction of sp³-hybridized carbons (Fsp3) is 0.391. The van der Waals surface area contributed by atoms with Gasteiger partial charge in [-0.15, -0.1) is 0 Å². The van der Waals surface area contributed by atoms with Crippen molar-refractivity contribution < 1.29 is 18.0 Å². The summed E-state index contributed by atoms with van der Waals surface area (Å²) in [6, 6.07) is 13.3. The van der Waals surface area contributed by atoms with E-state index in [2.05, 4.69) is 10.0 Å². The van der Waals surface area contributed by atoms with Crippen molar-refractivity contribution >= 4 is 33.3 Å². The second kappa shape index (κ2) is 10.2. The molecule has 3 rings (SSSR count).